The first-order valence-corrected chi connectivity index (χ1v) is 4.37. The van der Waals surface area contributed by atoms with Crippen molar-refractivity contribution in [3.05, 3.63) is 42.2 Å². The molecule has 15 heavy (non-hydrogen) atoms. The zero-order valence-corrected chi connectivity index (χ0v) is 10.0. The van der Waals surface area contributed by atoms with Crippen LogP contribution in [0.25, 0.3) is 10.8 Å². The van der Waals surface area contributed by atoms with Crippen LogP contribution in [-0.2, 0) is 0 Å². The highest BCUT2D eigenvalue weighted by Crippen LogP contribution is 2.21. The van der Waals surface area contributed by atoms with Crippen LogP contribution in [0.5, 0.6) is 0 Å². The molecule has 1 aromatic heterocycles. The van der Waals surface area contributed by atoms with Crippen molar-refractivity contribution in [2.45, 2.75) is 13.0 Å². The zero-order chi connectivity index (χ0) is 9.26. The van der Waals surface area contributed by atoms with Crippen molar-refractivity contribution in [2.24, 2.45) is 5.73 Å². The van der Waals surface area contributed by atoms with Gasteiger partial charge in [0.1, 0.15) is 0 Å². The van der Waals surface area contributed by atoms with E-state index in [1.165, 1.54) is 10.9 Å². The fourth-order valence-electron chi connectivity index (χ4n) is 1.54. The van der Waals surface area contributed by atoms with E-state index in [1.54, 1.807) is 6.20 Å². The molecule has 0 spiro atoms. The molecule has 0 fully saturated rings. The van der Waals surface area contributed by atoms with Gasteiger partial charge in [0.15, 0.2) is 0 Å². The molecule has 2 N–H and O–H groups in total. The minimum absolute atomic E-state index is 0. The fraction of sp³-hybridized carbons (Fsp3) is 0.182. The van der Waals surface area contributed by atoms with E-state index in [0.29, 0.717) is 0 Å². The SMILES string of the molecule is C[C@@H](N)c1cccc2cnccc12.Cl.Cl. The number of halogens is 2. The van der Waals surface area contributed by atoms with Gasteiger partial charge in [0, 0.05) is 23.8 Å². The Labute approximate surface area is 102 Å². The maximum absolute atomic E-state index is 5.86. The van der Waals surface area contributed by atoms with Crippen LogP contribution in [-0.4, -0.2) is 4.98 Å². The highest BCUT2D eigenvalue weighted by Gasteiger charge is 2.03. The van der Waals surface area contributed by atoms with E-state index in [1.807, 2.05) is 31.3 Å². The number of benzene rings is 1. The topological polar surface area (TPSA) is 38.9 Å². The number of fused-ring (bicyclic) bond motifs is 1. The van der Waals surface area contributed by atoms with Crippen molar-refractivity contribution in [1.82, 2.24) is 4.98 Å². The fourth-order valence-corrected chi connectivity index (χ4v) is 1.54. The highest BCUT2D eigenvalue weighted by atomic mass is 35.5. The summed E-state index contributed by atoms with van der Waals surface area (Å²) < 4.78 is 0. The quantitative estimate of drug-likeness (QED) is 0.838. The maximum atomic E-state index is 5.86. The predicted octanol–water partition coefficient (Wildman–Crippen LogP) is 3.10. The smallest absolute Gasteiger partial charge is 0.0346 e. The molecule has 4 heteroatoms. The van der Waals surface area contributed by atoms with E-state index in [0.717, 1.165) is 5.39 Å². The molecule has 0 saturated carbocycles. The largest absolute Gasteiger partial charge is 0.324 e. The first kappa shape index (κ1) is 14.2. The molecular weight excluding hydrogens is 231 g/mol. The number of rotatable bonds is 1. The molecule has 2 aromatic rings. The molecule has 0 aliphatic heterocycles. The first-order chi connectivity index (χ1) is 6.29. The van der Waals surface area contributed by atoms with Gasteiger partial charge >= 0.3 is 0 Å². The molecule has 2 nitrogen and oxygen atoms in total. The number of aromatic nitrogens is 1. The molecule has 82 valence electrons. The van der Waals surface area contributed by atoms with E-state index in [2.05, 4.69) is 11.1 Å². The van der Waals surface area contributed by atoms with Gasteiger partial charge in [-0.05, 0) is 23.9 Å². The van der Waals surface area contributed by atoms with Gasteiger partial charge in [-0.25, -0.2) is 0 Å². The normalized spacial score (nSPS) is 11.3. The van der Waals surface area contributed by atoms with Crippen LogP contribution in [0.4, 0.5) is 0 Å². The minimum Gasteiger partial charge on any atom is -0.324 e. The lowest BCUT2D eigenvalue weighted by Gasteiger charge is -2.08. The van der Waals surface area contributed by atoms with E-state index < -0.39 is 0 Å². The Bertz CT molecular complexity index is 424. The lowest BCUT2D eigenvalue weighted by molar-refractivity contribution is 0.826. The van der Waals surface area contributed by atoms with Gasteiger partial charge in [-0.2, -0.15) is 0 Å². The summed E-state index contributed by atoms with van der Waals surface area (Å²) in [7, 11) is 0. The van der Waals surface area contributed by atoms with Gasteiger partial charge in [-0.1, -0.05) is 18.2 Å². The van der Waals surface area contributed by atoms with Crippen molar-refractivity contribution in [3.8, 4) is 0 Å². The van der Waals surface area contributed by atoms with Gasteiger partial charge < -0.3 is 5.73 Å². The summed E-state index contributed by atoms with van der Waals surface area (Å²) in [6.07, 6.45) is 3.66. The number of nitrogens with two attached hydrogens (primary N) is 1. The summed E-state index contributed by atoms with van der Waals surface area (Å²) in [6, 6.07) is 8.21. The summed E-state index contributed by atoms with van der Waals surface area (Å²) in [5.41, 5.74) is 7.04. The molecule has 0 saturated heterocycles. The number of hydrogen-bond donors (Lipinski definition) is 1. The van der Waals surface area contributed by atoms with Crippen molar-refractivity contribution in [2.75, 3.05) is 0 Å². The van der Waals surface area contributed by atoms with E-state index in [4.69, 9.17) is 5.73 Å². The average molecular weight is 245 g/mol. The molecular formula is C11H14Cl2N2. The van der Waals surface area contributed by atoms with Crippen LogP contribution in [0.1, 0.15) is 18.5 Å². The second-order valence-electron chi connectivity index (χ2n) is 3.23. The molecule has 0 radical (unpaired) electrons. The molecule has 0 bridgehead atoms. The number of pyridine rings is 1. The van der Waals surface area contributed by atoms with Crippen molar-refractivity contribution >= 4 is 35.6 Å². The number of hydrogen-bond acceptors (Lipinski definition) is 2. The molecule has 1 heterocycles. The second kappa shape index (κ2) is 5.91. The van der Waals surface area contributed by atoms with Gasteiger partial charge in [-0.15, -0.1) is 24.8 Å². The van der Waals surface area contributed by atoms with Crippen LogP contribution in [0.2, 0.25) is 0 Å². The molecule has 0 unspecified atom stereocenters. The summed E-state index contributed by atoms with van der Waals surface area (Å²) >= 11 is 0. The van der Waals surface area contributed by atoms with Crippen LogP contribution < -0.4 is 5.73 Å². The Hall–Kier alpha value is -0.830. The standard InChI is InChI=1S/C11H12N2.2ClH/c1-8(12)10-4-2-3-9-7-13-6-5-11(9)10;;/h2-8H,12H2,1H3;2*1H/t8-;;/m1../s1. The third-order valence-corrected chi connectivity index (χ3v) is 2.21. The monoisotopic (exact) mass is 244 g/mol. The van der Waals surface area contributed by atoms with Gasteiger partial charge in [0.05, 0.1) is 0 Å². The van der Waals surface area contributed by atoms with E-state index in [-0.39, 0.29) is 30.9 Å². The second-order valence-corrected chi connectivity index (χ2v) is 3.23. The van der Waals surface area contributed by atoms with E-state index >= 15 is 0 Å². The third-order valence-electron chi connectivity index (χ3n) is 2.21. The average Bonchev–Trinajstić information content (AvgIpc) is 2.17. The predicted molar refractivity (Wildman–Crippen MR) is 68.8 cm³/mol. The zero-order valence-electron chi connectivity index (χ0n) is 8.38. The molecule has 0 amide bonds. The Balaban J connectivity index is 0.000000980. The van der Waals surface area contributed by atoms with Crippen LogP contribution in [0.15, 0.2) is 36.7 Å². The minimum atomic E-state index is 0. The van der Waals surface area contributed by atoms with Crippen molar-refractivity contribution < 1.29 is 0 Å². The summed E-state index contributed by atoms with van der Waals surface area (Å²) in [5, 5.41) is 2.35. The van der Waals surface area contributed by atoms with Gasteiger partial charge in [0.2, 0.25) is 0 Å². The van der Waals surface area contributed by atoms with Gasteiger partial charge in [0.25, 0.3) is 0 Å². The maximum Gasteiger partial charge on any atom is 0.0346 e. The van der Waals surface area contributed by atoms with Crippen LogP contribution >= 0.6 is 24.8 Å². The van der Waals surface area contributed by atoms with Crippen LogP contribution in [0, 0.1) is 0 Å². The van der Waals surface area contributed by atoms with E-state index in [9.17, 15) is 0 Å². The first-order valence-electron chi connectivity index (χ1n) is 4.37. The molecule has 1 aromatic carbocycles. The third kappa shape index (κ3) is 2.81. The molecule has 0 aliphatic carbocycles. The molecule has 0 aliphatic rings. The lowest BCUT2D eigenvalue weighted by atomic mass is 10.0. The summed E-state index contributed by atoms with van der Waals surface area (Å²) in [4.78, 5) is 4.07. The van der Waals surface area contributed by atoms with Gasteiger partial charge in [-0.3, -0.25) is 4.98 Å². The highest BCUT2D eigenvalue weighted by molar-refractivity contribution is 5.86. The molecule has 1 atom stereocenters. The Kier molecular flexibility index (Phi) is 5.58. The Morgan fingerprint density at radius 1 is 1.20 bits per heavy atom. The Morgan fingerprint density at radius 2 is 1.93 bits per heavy atom. The lowest BCUT2D eigenvalue weighted by Crippen LogP contribution is -2.05. The van der Waals surface area contributed by atoms with Crippen LogP contribution in [0.3, 0.4) is 0 Å². The Morgan fingerprint density at radius 3 is 2.60 bits per heavy atom. The number of nitrogens with zero attached hydrogens (tertiary/aromatic N) is 1. The van der Waals surface area contributed by atoms with Crippen molar-refractivity contribution in [3.63, 3.8) is 0 Å². The summed E-state index contributed by atoms with van der Waals surface area (Å²) in [6.45, 7) is 2.00. The van der Waals surface area contributed by atoms with Crippen molar-refractivity contribution in [1.29, 1.82) is 0 Å². The molecule has 2 rings (SSSR count). The summed E-state index contributed by atoms with van der Waals surface area (Å²) in [5.74, 6) is 0.